The molecule has 1 aromatic carbocycles. The van der Waals surface area contributed by atoms with Crippen molar-refractivity contribution in [3.8, 4) is 0 Å². The number of anilines is 1. The van der Waals surface area contributed by atoms with Crippen molar-refractivity contribution in [2.75, 3.05) is 11.9 Å². The first-order chi connectivity index (χ1) is 9.54. The van der Waals surface area contributed by atoms with Gasteiger partial charge in [0.15, 0.2) is 0 Å². The van der Waals surface area contributed by atoms with Gasteiger partial charge < -0.3 is 5.32 Å². The molecule has 1 aliphatic carbocycles. The van der Waals surface area contributed by atoms with Gasteiger partial charge in [0.1, 0.15) is 0 Å². The quantitative estimate of drug-likeness (QED) is 0.678. The number of nitro groups is 1. The lowest BCUT2D eigenvalue weighted by Gasteiger charge is -2.20. The highest BCUT2D eigenvalue weighted by atomic mass is 16.6. The second-order valence-electron chi connectivity index (χ2n) is 6.11. The monoisotopic (exact) mass is 275 g/mol. The van der Waals surface area contributed by atoms with E-state index in [2.05, 4.69) is 17.1 Å². The van der Waals surface area contributed by atoms with Gasteiger partial charge in [0.05, 0.1) is 4.92 Å². The van der Waals surface area contributed by atoms with Gasteiger partial charge in [0.2, 0.25) is 0 Å². The number of nitrogens with one attached hydrogen (secondary N) is 1. The zero-order valence-corrected chi connectivity index (χ0v) is 12.0. The normalized spacial score (nSPS) is 26.7. The van der Waals surface area contributed by atoms with E-state index in [4.69, 9.17) is 0 Å². The Morgan fingerprint density at radius 3 is 2.75 bits per heavy atom. The van der Waals surface area contributed by atoms with Gasteiger partial charge in [-0.2, -0.15) is 0 Å². The molecule has 0 amide bonds. The Morgan fingerprint density at radius 2 is 2.15 bits per heavy atom. The molecule has 2 aliphatic rings. The van der Waals surface area contributed by atoms with Gasteiger partial charge >= 0.3 is 0 Å². The smallest absolute Gasteiger partial charge is 0.269 e. The Balaban J connectivity index is 1.67. The summed E-state index contributed by atoms with van der Waals surface area (Å²) in [5, 5.41) is 14.3. The van der Waals surface area contributed by atoms with Crippen LogP contribution in [0.5, 0.6) is 0 Å². The highest BCUT2D eigenvalue weighted by molar-refractivity contribution is 5.56. The van der Waals surface area contributed by atoms with Crippen LogP contribution in [0.2, 0.25) is 0 Å². The molecule has 1 aliphatic heterocycles. The van der Waals surface area contributed by atoms with Crippen molar-refractivity contribution in [2.45, 2.75) is 51.2 Å². The van der Waals surface area contributed by atoms with Gasteiger partial charge in [0, 0.05) is 42.5 Å². The lowest BCUT2D eigenvalue weighted by molar-refractivity contribution is -0.384. The van der Waals surface area contributed by atoms with Crippen LogP contribution in [-0.2, 0) is 0 Å². The number of nitro benzene ring substituents is 1. The summed E-state index contributed by atoms with van der Waals surface area (Å²) in [4.78, 5) is 13.0. The highest BCUT2D eigenvalue weighted by Gasteiger charge is 2.38. The maximum absolute atomic E-state index is 10.8. The first-order valence-electron chi connectivity index (χ1n) is 7.32. The molecule has 1 heterocycles. The number of hydrogen-bond donors (Lipinski definition) is 1. The molecule has 2 unspecified atom stereocenters. The molecular formula is C15H21N3O2. The lowest BCUT2D eigenvalue weighted by Crippen LogP contribution is -2.31. The fraction of sp³-hybridized carbons (Fsp3) is 0.600. The number of non-ortho nitro benzene ring substituents is 1. The van der Waals surface area contributed by atoms with Gasteiger partial charge in [-0.1, -0.05) is 0 Å². The predicted molar refractivity (Wildman–Crippen MR) is 79.1 cm³/mol. The minimum absolute atomic E-state index is 0.160. The minimum atomic E-state index is -0.344. The Labute approximate surface area is 119 Å². The van der Waals surface area contributed by atoms with Crippen LogP contribution >= 0.6 is 0 Å². The van der Waals surface area contributed by atoms with Gasteiger partial charge in [-0.25, -0.2) is 0 Å². The second-order valence-corrected chi connectivity index (χ2v) is 6.11. The third kappa shape index (κ3) is 2.63. The summed E-state index contributed by atoms with van der Waals surface area (Å²) < 4.78 is 0. The maximum atomic E-state index is 10.8. The topological polar surface area (TPSA) is 58.4 Å². The van der Waals surface area contributed by atoms with Crippen LogP contribution in [0.1, 0.15) is 31.7 Å². The number of rotatable bonds is 4. The number of hydrogen-bond acceptors (Lipinski definition) is 4. The number of nitrogens with zero attached hydrogens (tertiary/aromatic N) is 2. The van der Waals surface area contributed by atoms with E-state index in [1.54, 1.807) is 12.1 Å². The van der Waals surface area contributed by atoms with Crippen molar-refractivity contribution in [1.82, 2.24) is 4.90 Å². The molecule has 1 saturated heterocycles. The summed E-state index contributed by atoms with van der Waals surface area (Å²) >= 11 is 0. The van der Waals surface area contributed by atoms with Crippen molar-refractivity contribution >= 4 is 11.4 Å². The van der Waals surface area contributed by atoms with Crippen molar-refractivity contribution < 1.29 is 4.92 Å². The molecule has 0 radical (unpaired) electrons. The van der Waals surface area contributed by atoms with E-state index in [0.29, 0.717) is 12.1 Å². The third-order valence-electron chi connectivity index (χ3n) is 4.42. The highest BCUT2D eigenvalue weighted by Crippen LogP contribution is 2.34. The molecular weight excluding hydrogens is 254 g/mol. The van der Waals surface area contributed by atoms with Crippen molar-refractivity contribution in [1.29, 1.82) is 0 Å². The summed E-state index contributed by atoms with van der Waals surface area (Å²) in [6.07, 6.45) is 3.83. The Kier molecular flexibility index (Phi) is 3.38. The molecule has 20 heavy (non-hydrogen) atoms. The molecule has 3 rings (SSSR count). The lowest BCUT2D eigenvalue weighted by atomic mass is 10.1. The fourth-order valence-corrected chi connectivity index (χ4v) is 3.22. The van der Waals surface area contributed by atoms with Crippen LogP contribution in [0.4, 0.5) is 11.4 Å². The van der Waals surface area contributed by atoms with Gasteiger partial charge in [0.25, 0.3) is 5.69 Å². The fourth-order valence-electron chi connectivity index (χ4n) is 3.22. The zero-order chi connectivity index (χ0) is 14.3. The van der Waals surface area contributed by atoms with E-state index in [9.17, 15) is 10.1 Å². The summed E-state index contributed by atoms with van der Waals surface area (Å²) in [7, 11) is 0. The molecule has 5 nitrogen and oxygen atoms in total. The van der Waals surface area contributed by atoms with Crippen LogP contribution in [0.25, 0.3) is 0 Å². The molecule has 1 aromatic rings. The maximum Gasteiger partial charge on any atom is 0.269 e. The van der Waals surface area contributed by atoms with E-state index >= 15 is 0 Å². The van der Waals surface area contributed by atoms with E-state index in [1.807, 2.05) is 13.0 Å². The molecule has 2 atom stereocenters. The zero-order valence-electron chi connectivity index (χ0n) is 12.0. The van der Waals surface area contributed by atoms with Gasteiger partial charge in [-0.3, -0.25) is 15.0 Å². The van der Waals surface area contributed by atoms with Gasteiger partial charge in [-0.15, -0.1) is 0 Å². The Hall–Kier alpha value is -1.62. The summed E-state index contributed by atoms with van der Waals surface area (Å²) in [5.41, 5.74) is 2.12. The summed E-state index contributed by atoms with van der Waals surface area (Å²) in [6, 6.07) is 6.93. The molecule has 108 valence electrons. The molecule has 0 aromatic heterocycles. The summed E-state index contributed by atoms with van der Waals surface area (Å²) in [6.45, 7) is 5.30. The third-order valence-corrected chi connectivity index (χ3v) is 4.42. The average molecular weight is 275 g/mol. The summed E-state index contributed by atoms with van der Waals surface area (Å²) in [5.74, 6) is 0. The molecule has 0 bridgehead atoms. The van der Waals surface area contributed by atoms with E-state index < -0.39 is 0 Å². The first kappa shape index (κ1) is 13.4. The number of aryl methyl sites for hydroxylation is 1. The molecule has 5 heteroatoms. The second kappa shape index (κ2) is 5.05. The predicted octanol–water partition coefficient (Wildman–Crippen LogP) is 2.94. The van der Waals surface area contributed by atoms with Crippen LogP contribution in [0, 0.1) is 17.0 Å². The minimum Gasteiger partial charge on any atom is -0.381 e. The van der Waals surface area contributed by atoms with E-state index in [0.717, 1.165) is 30.3 Å². The van der Waals surface area contributed by atoms with Crippen molar-refractivity contribution in [3.05, 3.63) is 33.9 Å². The number of likely N-dealkylation sites (tertiary alicyclic amines) is 1. The Morgan fingerprint density at radius 1 is 1.40 bits per heavy atom. The molecule has 2 fully saturated rings. The van der Waals surface area contributed by atoms with E-state index in [1.165, 1.54) is 12.8 Å². The standard InChI is InChI=1S/C15H21N3O2/c1-10-7-14(18(19)20)5-6-15(10)16-12-8-11(2)17(9-12)13-3-4-13/h5-7,11-13,16H,3-4,8-9H2,1-2H3. The van der Waals surface area contributed by atoms with Crippen molar-refractivity contribution in [3.63, 3.8) is 0 Å². The van der Waals surface area contributed by atoms with E-state index in [-0.39, 0.29) is 10.6 Å². The Bertz CT molecular complexity index is 528. The van der Waals surface area contributed by atoms with Gasteiger partial charge in [-0.05, 0) is 44.7 Å². The SMILES string of the molecule is Cc1cc([N+](=O)[O-])ccc1NC1CC(C)N(C2CC2)C1. The van der Waals surface area contributed by atoms with Crippen LogP contribution < -0.4 is 5.32 Å². The van der Waals surface area contributed by atoms with Crippen LogP contribution in [0.3, 0.4) is 0 Å². The molecule has 1 N–H and O–H groups in total. The molecule has 0 spiro atoms. The molecule has 1 saturated carbocycles. The van der Waals surface area contributed by atoms with Crippen LogP contribution in [-0.4, -0.2) is 34.5 Å². The van der Waals surface area contributed by atoms with Crippen LogP contribution in [0.15, 0.2) is 18.2 Å². The largest absolute Gasteiger partial charge is 0.381 e. The number of benzene rings is 1. The first-order valence-corrected chi connectivity index (χ1v) is 7.32. The average Bonchev–Trinajstić information content (AvgIpc) is 3.16. The van der Waals surface area contributed by atoms with Crippen molar-refractivity contribution in [2.24, 2.45) is 0 Å².